The zero-order chi connectivity index (χ0) is 24.7. The number of fused-ring (bicyclic) bond motifs is 1. The maximum atomic E-state index is 14.4. The highest BCUT2D eigenvalue weighted by atomic mass is 19.1. The molecule has 35 heavy (non-hydrogen) atoms. The average molecular weight is 487 g/mol. The fraction of sp³-hybridized carbons (Fsp3) is 0.480. The van der Waals surface area contributed by atoms with Crippen molar-refractivity contribution in [3.8, 4) is 0 Å². The molecule has 0 bridgehead atoms. The van der Waals surface area contributed by atoms with Crippen molar-refractivity contribution in [3.05, 3.63) is 41.3 Å². The van der Waals surface area contributed by atoms with Crippen LogP contribution in [0.4, 0.5) is 30.6 Å². The molecular formula is C25H29F3N6O. The summed E-state index contributed by atoms with van der Waals surface area (Å²) in [4.78, 5) is 24.7. The van der Waals surface area contributed by atoms with Gasteiger partial charge in [-0.2, -0.15) is 0 Å². The summed E-state index contributed by atoms with van der Waals surface area (Å²) in [6.07, 6.45) is 6.63. The van der Waals surface area contributed by atoms with Crippen LogP contribution in [0.15, 0.2) is 18.3 Å². The highest BCUT2D eigenvalue weighted by Gasteiger charge is 2.33. The molecule has 2 heterocycles. The number of rotatable bonds is 7. The summed E-state index contributed by atoms with van der Waals surface area (Å²) in [6, 6.07) is 1.73. The summed E-state index contributed by atoms with van der Waals surface area (Å²) in [7, 11) is 0. The van der Waals surface area contributed by atoms with Gasteiger partial charge in [-0.3, -0.25) is 4.79 Å². The third-order valence-corrected chi connectivity index (χ3v) is 6.68. The lowest BCUT2D eigenvalue weighted by Crippen LogP contribution is -2.34. The van der Waals surface area contributed by atoms with Crippen molar-refractivity contribution < 1.29 is 18.0 Å². The molecule has 2 aliphatic carbocycles. The van der Waals surface area contributed by atoms with Gasteiger partial charge in [0, 0.05) is 35.7 Å². The van der Waals surface area contributed by atoms with Gasteiger partial charge >= 0.3 is 0 Å². The van der Waals surface area contributed by atoms with Gasteiger partial charge in [-0.1, -0.05) is 0 Å². The van der Waals surface area contributed by atoms with Crippen molar-refractivity contribution in [1.82, 2.24) is 20.3 Å². The molecule has 0 aliphatic heterocycles. The number of amides is 1. The first kappa shape index (κ1) is 23.4. The van der Waals surface area contributed by atoms with E-state index in [1.165, 1.54) is 0 Å². The van der Waals surface area contributed by atoms with E-state index in [-0.39, 0.29) is 23.8 Å². The van der Waals surface area contributed by atoms with E-state index in [2.05, 4.69) is 25.9 Å². The Hall–Kier alpha value is -3.30. The summed E-state index contributed by atoms with van der Waals surface area (Å²) in [6.45, 7) is 3.96. The Balaban J connectivity index is 1.48. The van der Waals surface area contributed by atoms with E-state index in [0.717, 1.165) is 44.1 Å². The van der Waals surface area contributed by atoms with Gasteiger partial charge in [-0.15, -0.1) is 0 Å². The quantitative estimate of drug-likeness (QED) is 0.354. The molecule has 10 heteroatoms. The molecule has 7 nitrogen and oxygen atoms in total. The van der Waals surface area contributed by atoms with E-state index < -0.39 is 23.1 Å². The van der Waals surface area contributed by atoms with Gasteiger partial charge in [-0.25, -0.2) is 23.1 Å². The van der Waals surface area contributed by atoms with Crippen LogP contribution in [0.2, 0.25) is 0 Å². The molecule has 2 aliphatic rings. The van der Waals surface area contributed by atoms with E-state index in [9.17, 15) is 18.0 Å². The van der Waals surface area contributed by atoms with Crippen molar-refractivity contribution in [2.45, 2.75) is 70.4 Å². The first-order chi connectivity index (χ1) is 16.8. The Kier molecular flexibility index (Phi) is 6.29. The number of aromatic amines is 1. The van der Waals surface area contributed by atoms with Crippen LogP contribution < -0.4 is 16.0 Å². The molecule has 2 aromatic heterocycles. The number of nitrogens with one attached hydrogen (secondary N) is 4. The summed E-state index contributed by atoms with van der Waals surface area (Å²) >= 11 is 0. The fourth-order valence-electron chi connectivity index (χ4n) is 4.80. The Bertz CT molecular complexity index is 1220. The lowest BCUT2D eigenvalue weighted by molar-refractivity contribution is -0.126. The van der Waals surface area contributed by atoms with Gasteiger partial charge in [0.15, 0.2) is 11.6 Å². The lowest BCUT2D eigenvalue weighted by Gasteiger charge is -2.28. The zero-order valence-electron chi connectivity index (χ0n) is 19.7. The molecule has 186 valence electrons. The Morgan fingerprint density at radius 2 is 1.74 bits per heavy atom. The number of benzene rings is 1. The Morgan fingerprint density at radius 3 is 2.37 bits per heavy atom. The van der Waals surface area contributed by atoms with Crippen LogP contribution in [-0.2, 0) is 4.79 Å². The Morgan fingerprint density at radius 1 is 1.06 bits per heavy atom. The molecule has 0 atom stereocenters. The standard InChI is InChI=1S/C25H29F3N6O/c1-12(2)30-25-29-11-19-22(34-25)20(13-3-5-14(6-4-13)24(35)31-16-7-8-16)23(32-19)33-21-17(27)9-15(26)10-18(21)28/h9-14,16,32-33H,3-8H2,1-2H3,(H,31,35)(H,29,30,34). The van der Waals surface area contributed by atoms with Gasteiger partial charge in [-0.05, 0) is 58.3 Å². The van der Waals surface area contributed by atoms with Crippen molar-refractivity contribution in [3.63, 3.8) is 0 Å². The maximum absolute atomic E-state index is 14.4. The number of nitrogens with zero attached hydrogens (tertiary/aromatic N) is 2. The van der Waals surface area contributed by atoms with Crippen molar-refractivity contribution in [1.29, 1.82) is 0 Å². The number of anilines is 3. The number of carbonyl (C=O) groups is 1. The molecule has 1 amide bonds. The number of hydrogen-bond acceptors (Lipinski definition) is 5. The van der Waals surface area contributed by atoms with Crippen LogP contribution in [0.25, 0.3) is 11.0 Å². The van der Waals surface area contributed by atoms with Gasteiger partial charge in [0.1, 0.15) is 17.3 Å². The van der Waals surface area contributed by atoms with Gasteiger partial charge in [0.2, 0.25) is 11.9 Å². The largest absolute Gasteiger partial charge is 0.353 e. The SMILES string of the molecule is CC(C)Nc1ncc2[nH]c(Nc3c(F)cc(F)cc3F)c(C3CCC(C(=O)NC4CC4)CC3)c2n1. The minimum absolute atomic E-state index is 0.0181. The molecule has 5 rings (SSSR count). The van der Waals surface area contributed by atoms with E-state index >= 15 is 0 Å². The number of hydrogen-bond donors (Lipinski definition) is 4. The molecule has 4 N–H and O–H groups in total. The third-order valence-electron chi connectivity index (χ3n) is 6.68. The molecule has 0 saturated heterocycles. The predicted octanol–water partition coefficient (Wildman–Crippen LogP) is 5.49. The second-order valence-electron chi connectivity index (χ2n) is 9.87. The van der Waals surface area contributed by atoms with Crippen LogP contribution in [0.3, 0.4) is 0 Å². The van der Waals surface area contributed by atoms with E-state index in [0.29, 0.717) is 41.0 Å². The van der Waals surface area contributed by atoms with E-state index in [1.54, 1.807) is 6.20 Å². The van der Waals surface area contributed by atoms with Crippen LogP contribution in [0.1, 0.15) is 63.9 Å². The first-order valence-corrected chi connectivity index (χ1v) is 12.2. The van der Waals surface area contributed by atoms with Crippen LogP contribution >= 0.6 is 0 Å². The van der Waals surface area contributed by atoms with Crippen molar-refractivity contribution in [2.24, 2.45) is 5.92 Å². The topological polar surface area (TPSA) is 94.7 Å². The smallest absolute Gasteiger partial charge is 0.223 e. The monoisotopic (exact) mass is 486 g/mol. The Labute approximate surface area is 201 Å². The van der Waals surface area contributed by atoms with Gasteiger partial charge in [0.05, 0.1) is 17.2 Å². The molecular weight excluding hydrogens is 457 g/mol. The zero-order valence-corrected chi connectivity index (χ0v) is 19.7. The normalized spacial score (nSPS) is 20.3. The van der Waals surface area contributed by atoms with Crippen molar-refractivity contribution in [2.75, 3.05) is 10.6 Å². The van der Waals surface area contributed by atoms with Crippen molar-refractivity contribution >= 4 is 34.4 Å². The average Bonchev–Trinajstić information content (AvgIpc) is 3.54. The summed E-state index contributed by atoms with van der Waals surface area (Å²) in [5.41, 5.74) is 1.62. The number of halogens is 3. The molecule has 3 aromatic rings. The van der Waals surface area contributed by atoms with Crippen LogP contribution in [0.5, 0.6) is 0 Å². The number of H-pyrrole nitrogens is 1. The number of aromatic nitrogens is 3. The van der Waals surface area contributed by atoms with E-state index in [1.807, 2.05) is 13.8 Å². The second-order valence-corrected chi connectivity index (χ2v) is 9.87. The van der Waals surface area contributed by atoms with Gasteiger partial charge < -0.3 is 20.9 Å². The molecule has 0 spiro atoms. The maximum Gasteiger partial charge on any atom is 0.223 e. The molecule has 1 aromatic carbocycles. The van der Waals surface area contributed by atoms with Crippen LogP contribution in [-0.4, -0.2) is 32.9 Å². The fourth-order valence-corrected chi connectivity index (χ4v) is 4.80. The summed E-state index contributed by atoms with van der Waals surface area (Å²) in [5.74, 6) is -2.09. The molecule has 2 saturated carbocycles. The first-order valence-electron chi connectivity index (χ1n) is 12.2. The molecule has 0 radical (unpaired) electrons. The van der Waals surface area contributed by atoms with Gasteiger partial charge in [0.25, 0.3) is 0 Å². The minimum atomic E-state index is -1.03. The lowest BCUT2D eigenvalue weighted by atomic mass is 9.78. The summed E-state index contributed by atoms with van der Waals surface area (Å²) < 4.78 is 42.3. The number of carbonyl (C=O) groups excluding carboxylic acids is 1. The molecule has 0 unspecified atom stereocenters. The predicted molar refractivity (Wildman–Crippen MR) is 128 cm³/mol. The highest BCUT2D eigenvalue weighted by Crippen LogP contribution is 2.43. The van der Waals surface area contributed by atoms with E-state index in [4.69, 9.17) is 4.98 Å². The van der Waals surface area contributed by atoms with Crippen LogP contribution in [0, 0.1) is 23.4 Å². The second kappa shape index (κ2) is 9.39. The molecule has 2 fully saturated rings. The third kappa shape index (κ3) is 5.06. The minimum Gasteiger partial charge on any atom is -0.353 e. The highest BCUT2D eigenvalue weighted by molar-refractivity contribution is 5.88. The summed E-state index contributed by atoms with van der Waals surface area (Å²) in [5, 5.41) is 9.09.